The van der Waals surface area contributed by atoms with Gasteiger partial charge < -0.3 is 20.2 Å². The second kappa shape index (κ2) is 9.02. The molecule has 0 saturated heterocycles. The number of aromatic amines is 2. The van der Waals surface area contributed by atoms with Crippen LogP contribution in [0, 0.1) is 0 Å². The highest BCUT2D eigenvalue weighted by Gasteiger charge is 2.16. The van der Waals surface area contributed by atoms with Crippen molar-refractivity contribution in [3.05, 3.63) is 78.6 Å². The summed E-state index contributed by atoms with van der Waals surface area (Å²) >= 11 is 13.7. The van der Waals surface area contributed by atoms with E-state index >= 15 is 0 Å². The number of halogens is 4. The number of aromatic nitrogens is 4. The van der Waals surface area contributed by atoms with E-state index in [2.05, 4.69) is 83.7 Å². The maximum absolute atomic E-state index is 10.5. The molecule has 36 heavy (non-hydrogen) atoms. The maximum atomic E-state index is 10.5. The van der Waals surface area contributed by atoms with Crippen LogP contribution in [0.3, 0.4) is 0 Å². The van der Waals surface area contributed by atoms with Crippen molar-refractivity contribution in [2.45, 2.75) is 0 Å². The lowest BCUT2D eigenvalue weighted by atomic mass is 10.0. The lowest BCUT2D eigenvalue weighted by molar-refractivity contribution is 0.473. The van der Waals surface area contributed by atoms with Gasteiger partial charge in [0.25, 0.3) is 0 Å². The Morgan fingerprint density at radius 3 is 1.39 bits per heavy atom. The van der Waals surface area contributed by atoms with Crippen molar-refractivity contribution in [3.63, 3.8) is 0 Å². The third-order valence-corrected chi connectivity index (χ3v) is 7.99. The molecule has 178 valence electrons. The quantitative estimate of drug-likeness (QED) is 0.146. The molecule has 0 spiro atoms. The van der Waals surface area contributed by atoms with Crippen LogP contribution >= 0.6 is 63.7 Å². The average Bonchev–Trinajstić information content (AvgIpc) is 3.46. The first kappa shape index (κ1) is 23.7. The van der Waals surface area contributed by atoms with Gasteiger partial charge in [0.2, 0.25) is 0 Å². The highest BCUT2D eigenvalue weighted by atomic mass is 79.9. The van der Waals surface area contributed by atoms with Crippen LogP contribution in [0.15, 0.2) is 78.6 Å². The summed E-state index contributed by atoms with van der Waals surface area (Å²) in [6.07, 6.45) is 0. The monoisotopic (exact) mass is 730 g/mol. The van der Waals surface area contributed by atoms with Crippen LogP contribution in [0.2, 0.25) is 0 Å². The standard InChI is InChI=1S/C26H14Br4N4O2/c27-13-7-15(23(35)17(29)9-13)25-31-19-3-1-11(5-21(19)33-25)12-2-4-20-22(6-12)34-26(32-20)16-8-14(28)10-18(30)24(16)36/h1-10,35-36H,(H,31,33)(H,32,34). The minimum absolute atomic E-state index is 0.126. The van der Waals surface area contributed by atoms with Gasteiger partial charge >= 0.3 is 0 Å². The molecule has 10 heteroatoms. The summed E-state index contributed by atoms with van der Waals surface area (Å²) in [7, 11) is 0. The first-order valence-electron chi connectivity index (χ1n) is 10.6. The van der Waals surface area contributed by atoms with E-state index in [1.807, 2.05) is 48.5 Å². The first-order chi connectivity index (χ1) is 17.3. The zero-order valence-electron chi connectivity index (χ0n) is 18.1. The molecule has 0 fully saturated rings. The Balaban J connectivity index is 1.40. The second-order valence-electron chi connectivity index (χ2n) is 8.20. The van der Waals surface area contributed by atoms with Gasteiger partial charge in [-0.1, -0.05) is 44.0 Å². The minimum Gasteiger partial charge on any atom is -0.506 e. The second-order valence-corrected chi connectivity index (χ2v) is 11.7. The van der Waals surface area contributed by atoms with E-state index in [1.165, 1.54) is 0 Å². The van der Waals surface area contributed by atoms with Crippen molar-refractivity contribution in [2.75, 3.05) is 0 Å². The Labute approximate surface area is 238 Å². The molecule has 6 rings (SSSR count). The largest absolute Gasteiger partial charge is 0.506 e. The van der Waals surface area contributed by atoms with Crippen molar-refractivity contribution in [1.82, 2.24) is 19.9 Å². The molecule has 4 N–H and O–H groups in total. The molecule has 0 aliphatic carbocycles. The van der Waals surface area contributed by atoms with Crippen molar-refractivity contribution < 1.29 is 10.2 Å². The number of aromatic hydroxyl groups is 2. The van der Waals surface area contributed by atoms with Crippen molar-refractivity contribution >= 4 is 85.8 Å². The lowest BCUT2D eigenvalue weighted by Gasteiger charge is -2.04. The van der Waals surface area contributed by atoms with Crippen LogP contribution in [0.25, 0.3) is 56.0 Å². The van der Waals surface area contributed by atoms with Crippen molar-refractivity contribution in [1.29, 1.82) is 0 Å². The predicted octanol–water partition coefficient (Wildman–Crippen LogP) is 8.90. The van der Waals surface area contributed by atoms with Gasteiger partial charge in [-0.15, -0.1) is 0 Å². The molecule has 0 aliphatic heterocycles. The Morgan fingerprint density at radius 1 is 0.556 bits per heavy atom. The molecule has 0 aliphatic rings. The molecule has 6 nitrogen and oxygen atoms in total. The number of fused-ring (bicyclic) bond motifs is 2. The van der Waals surface area contributed by atoms with E-state index in [9.17, 15) is 10.2 Å². The van der Waals surface area contributed by atoms with Gasteiger partial charge in [-0.25, -0.2) is 9.97 Å². The van der Waals surface area contributed by atoms with Crippen LogP contribution in [0.5, 0.6) is 11.5 Å². The van der Waals surface area contributed by atoms with Crippen molar-refractivity contribution in [3.8, 4) is 45.4 Å². The summed E-state index contributed by atoms with van der Waals surface area (Å²) in [6, 6.07) is 19.2. The molecule has 0 bridgehead atoms. The van der Waals surface area contributed by atoms with E-state index in [4.69, 9.17) is 0 Å². The lowest BCUT2D eigenvalue weighted by Crippen LogP contribution is -1.83. The molecule has 0 saturated carbocycles. The average molecular weight is 734 g/mol. The highest BCUT2D eigenvalue weighted by Crippen LogP contribution is 2.39. The number of imidazole rings is 2. The molecule has 0 amide bonds. The van der Waals surface area contributed by atoms with Crippen LogP contribution in [-0.4, -0.2) is 30.1 Å². The predicted molar refractivity (Wildman–Crippen MR) is 156 cm³/mol. The fraction of sp³-hybridized carbons (Fsp3) is 0. The summed E-state index contributed by atoms with van der Waals surface area (Å²) in [6.45, 7) is 0. The number of hydrogen-bond acceptors (Lipinski definition) is 4. The molecular formula is C26H14Br4N4O2. The number of hydrogen-bond donors (Lipinski definition) is 4. The van der Waals surface area contributed by atoms with Gasteiger partial charge in [0.1, 0.15) is 23.1 Å². The van der Waals surface area contributed by atoms with Gasteiger partial charge in [-0.3, -0.25) is 0 Å². The van der Waals surface area contributed by atoms with Gasteiger partial charge in [-0.2, -0.15) is 0 Å². The fourth-order valence-electron chi connectivity index (χ4n) is 4.13. The van der Waals surface area contributed by atoms with E-state index in [0.717, 1.165) is 42.1 Å². The first-order valence-corrected chi connectivity index (χ1v) is 13.8. The van der Waals surface area contributed by atoms with E-state index in [0.29, 0.717) is 31.7 Å². The summed E-state index contributed by atoms with van der Waals surface area (Å²) in [5.74, 6) is 1.41. The zero-order valence-corrected chi connectivity index (χ0v) is 24.4. The van der Waals surface area contributed by atoms with Gasteiger partial charge in [0.05, 0.1) is 42.1 Å². The smallest absolute Gasteiger partial charge is 0.142 e. The van der Waals surface area contributed by atoms with E-state index in [1.54, 1.807) is 12.1 Å². The summed E-state index contributed by atoms with van der Waals surface area (Å²) in [5, 5.41) is 21.0. The highest BCUT2D eigenvalue weighted by molar-refractivity contribution is 9.11. The maximum Gasteiger partial charge on any atom is 0.142 e. The van der Waals surface area contributed by atoms with Gasteiger partial charge in [-0.05, 0) is 91.5 Å². The number of nitrogens with zero attached hydrogens (tertiary/aromatic N) is 2. The molecule has 0 unspecified atom stereocenters. The molecule has 6 aromatic rings. The van der Waals surface area contributed by atoms with Crippen molar-refractivity contribution in [2.24, 2.45) is 0 Å². The number of H-pyrrole nitrogens is 2. The van der Waals surface area contributed by atoms with Gasteiger partial charge in [0.15, 0.2) is 0 Å². The number of phenols is 2. The molecular weight excluding hydrogens is 720 g/mol. The van der Waals surface area contributed by atoms with Crippen LogP contribution in [0.4, 0.5) is 0 Å². The third kappa shape index (κ3) is 4.15. The molecule has 4 aromatic carbocycles. The van der Waals surface area contributed by atoms with E-state index in [-0.39, 0.29) is 11.5 Å². The summed E-state index contributed by atoms with van der Waals surface area (Å²) in [4.78, 5) is 16.0. The number of nitrogens with one attached hydrogen (secondary N) is 2. The van der Waals surface area contributed by atoms with Crippen LogP contribution < -0.4 is 0 Å². The molecule has 2 heterocycles. The minimum atomic E-state index is 0.126. The number of rotatable bonds is 3. The Kier molecular flexibility index (Phi) is 5.94. The molecule has 0 radical (unpaired) electrons. The van der Waals surface area contributed by atoms with Crippen LogP contribution in [-0.2, 0) is 0 Å². The Hall–Kier alpha value is -2.66. The van der Waals surface area contributed by atoms with Crippen LogP contribution in [0.1, 0.15) is 0 Å². The Bertz CT molecular complexity index is 1690. The molecule has 0 atom stereocenters. The number of phenolic OH excluding ortho intramolecular Hbond substituents is 2. The third-order valence-electron chi connectivity index (χ3n) is 5.86. The van der Waals surface area contributed by atoms with E-state index < -0.39 is 0 Å². The Morgan fingerprint density at radius 2 is 0.972 bits per heavy atom. The molecule has 2 aromatic heterocycles. The zero-order chi connectivity index (χ0) is 25.1. The van der Waals surface area contributed by atoms with Gasteiger partial charge in [0, 0.05) is 8.95 Å². The number of benzene rings is 4. The fourth-order valence-corrected chi connectivity index (χ4v) is 6.58. The summed E-state index contributed by atoms with van der Waals surface area (Å²) < 4.78 is 2.84. The topological polar surface area (TPSA) is 97.8 Å². The normalized spacial score (nSPS) is 11.6. The summed E-state index contributed by atoms with van der Waals surface area (Å²) in [5.41, 5.74) is 6.51. The SMILES string of the molecule is Oc1c(Br)cc(Br)cc1-c1nc2ccc(-c3ccc4nc(-c5cc(Br)cc(Br)c5O)[nH]c4c3)cc2[nH]1.